The minimum atomic E-state index is 0.249. The van der Waals surface area contributed by atoms with Crippen molar-refractivity contribution in [3.8, 4) is 28.9 Å². The van der Waals surface area contributed by atoms with Crippen molar-refractivity contribution in [1.82, 2.24) is 15.0 Å². The van der Waals surface area contributed by atoms with E-state index in [4.69, 9.17) is 14.2 Å². The van der Waals surface area contributed by atoms with Crippen molar-refractivity contribution in [2.75, 3.05) is 21.3 Å². The molecule has 0 N–H and O–H groups in total. The molecule has 0 unspecified atom stereocenters. The smallest absolute Gasteiger partial charge is 0.319 e. The van der Waals surface area contributed by atoms with Crippen LogP contribution in [0.15, 0.2) is 36.5 Å². The number of para-hydroxylation sites is 1. The van der Waals surface area contributed by atoms with Crippen molar-refractivity contribution in [1.29, 1.82) is 0 Å². The summed E-state index contributed by atoms with van der Waals surface area (Å²) in [6.45, 7) is 0. The first-order chi connectivity index (χ1) is 10.8. The molecule has 1 aromatic carbocycles. The maximum Gasteiger partial charge on any atom is 0.319 e. The molecule has 6 heteroatoms. The normalized spacial score (nSPS) is 10.5. The summed E-state index contributed by atoms with van der Waals surface area (Å²) < 4.78 is 15.7. The third-order valence-electron chi connectivity index (χ3n) is 3.29. The van der Waals surface area contributed by atoms with Gasteiger partial charge in [0.15, 0.2) is 0 Å². The zero-order valence-electron chi connectivity index (χ0n) is 12.5. The average molecular weight is 297 g/mol. The first kappa shape index (κ1) is 14.1. The van der Waals surface area contributed by atoms with E-state index < -0.39 is 0 Å². The lowest BCUT2D eigenvalue weighted by atomic mass is 10.1. The molecule has 0 bridgehead atoms. The van der Waals surface area contributed by atoms with Crippen molar-refractivity contribution < 1.29 is 14.2 Å². The van der Waals surface area contributed by atoms with Crippen LogP contribution >= 0.6 is 0 Å². The van der Waals surface area contributed by atoms with Gasteiger partial charge in [-0.1, -0.05) is 18.2 Å². The van der Waals surface area contributed by atoms with E-state index >= 15 is 0 Å². The summed E-state index contributed by atoms with van der Waals surface area (Å²) in [5.74, 6) is 1.13. The Labute approximate surface area is 127 Å². The fraction of sp³-hybridized carbons (Fsp3) is 0.188. The minimum Gasteiger partial charge on any atom is -0.494 e. The molecule has 0 saturated heterocycles. The lowest BCUT2D eigenvalue weighted by Gasteiger charge is -2.10. The fourth-order valence-electron chi connectivity index (χ4n) is 2.22. The largest absolute Gasteiger partial charge is 0.494 e. The predicted octanol–water partition coefficient (Wildman–Crippen LogP) is 2.72. The van der Waals surface area contributed by atoms with Crippen molar-refractivity contribution >= 4 is 10.9 Å². The van der Waals surface area contributed by atoms with Gasteiger partial charge in [0, 0.05) is 11.6 Å². The number of aromatic nitrogens is 3. The number of ether oxygens (including phenoxy) is 3. The molecule has 112 valence electrons. The Kier molecular flexibility index (Phi) is 3.74. The van der Waals surface area contributed by atoms with E-state index in [1.54, 1.807) is 20.4 Å². The quantitative estimate of drug-likeness (QED) is 0.737. The van der Waals surface area contributed by atoms with Gasteiger partial charge in [-0.3, -0.25) is 0 Å². The second-order valence-electron chi connectivity index (χ2n) is 4.51. The predicted molar refractivity (Wildman–Crippen MR) is 82.4 cm³/mol. The van der Waals surface area contributed by atoms with Crippen LogP contribution in [0.1, 0.15) is 0 Å². The Balaban J connectivity index is 2.18. The molecule has 0 aliphatic carbocycles. The summed E-state index contributed by atoms with van der Waals surface area (Å²) in [6, 6.07) is 9.91. The molecule has 2 aromatic heterocycles. The number of fused-ring (bicyclic) bond motifs is 1. The van der Waals surface area contributed by atoms with Crippen LogP contribution in [0.3, 0.4) is 0 Å². The van der Waals surface area contributed by atoms with E-state index in [0.717, 1.165) is 10.9 Å². The Bertz CT molecular complexity index is 821. The highest BCUT2D eigenvalue weighted by Crippen LogP contribution is 2.31. The van der Waals surface area contributed by atoms with Crippen LogP contribution in [0.4, 0.5) is 0 Å². The summed E-state index contributed by atoms with van der Waals surface area (Å²) in [5.41, 5.74) is 2.17. The topological polar surface area (TPSA) is 66.4 Å². The van der Waals surface area contributed by atoms with Crippen LogP contribution in [0, 0.1) is 0 Å². The van der Waals surface area contributed by atoms with Crippen LogP contribution in [-0.2, 0) is 0 Å². The van der Waals surface area contributed by atoms with Crippen LogP contribution < -0.4 is 14.2 Å². The van der Waals surface area contributed by atoms with Gasteiger partial charge in [0.25, 0.3) is 0 Å². The fourth-order valence-corrected chi connectivity index (χ4v) is 2.22. The molecule has 22 heavy (non-hydrogen) atoms. The van der Waals surface area contributed by atoms with Gasteiger partial charge in [-0.2, -0.15) is 4.98 Å². The van der Waals surface area contributed by atoms with Gasteiger partial charge in [0.05, 0.1) is 32.6 Å². The van der Waals surface area contributed by atoms with Crippen molar-refractivity contribution in [3.05, 3.63) is 36.5 Å². The van der Waals surface area contributed by atoms with Gasteiger partial charge in [0.2, 0.25) is 5.88 Å². The van der Waals surface area contributed by atoms with Gasteiger partial charge < -0.3 is 14.2 Å². The Morgan fingerprint density at radius 3 is 2.45 bits per heavy atom. The molecule has 3 aromatic rings. The molecule has 0 atom stereocenters. The number of nitrogens with zero attached hydrogens (tertiary/aromatic N) is 3. The lowest BCUT2D eigenvalue weighted by Crippen LogP contribution is -1.98. The zero-order chi connectivity index (χ0) is 15.5. The Morgan fingerprint density at radius 2 is 1.73 bits per heavy atom. The van der Waals surface area contributed by atoms with E-state index in [0.29, 0.717) is 22.9 Å². The highest BCUT2D eigenvalue weighted by Gasteiger charge is 2.13. The maximum absolute atomic E-state index is 5.37. The molecule has 0 aliphatic heterocycles. The highest BCUT2D eigenvalue weighted by atomic mass is 16.5. The molecule has 0 saturated carbocycles. The van der Waals surface area contributed by atoms with Crippen LogP contribution in [0.25, 0.3) is 22.2 Å². The minimum absolute atomic E-state index is 0.249. The number of pyridine rings is 1. The summed E-state index contributed by atoms with van der Waals surface area (Å²) in [4.78, 5) is 13.0. The van der Waals surface area contributed by atoms with E-state index in [2.05, 4.69) is 15.0 Å². The van der Waals surface area contributed by atoms with Gasteiger partial charge in [-0.05, 0) is 12.1 Å². The second-order valence-corrected chi connectivity index (χ2v) is 4.51. The number of hydrogen-bond acceptors (Lipinski definition) is 6. The number of methoxy groups -OCH3 is 3. The summed E-state index contributed by atoms with van der Waals surface area (Å²) >= 11 is 0. The van der Waals surface area contributed by atoms with Gasteiger partial charge in [0.1, 0.15) is 11.3 Å². The third-order valence-corrected chi connectivity index (χ3v) is 3.29. The summed E-state index contributed by atoms with van der Waals surface area (Å²) in [5, 5.41) is 0.997. The maximum atomic E-state index is 5.37. The van der Waals surface area contributed by atoms with Crippen molar-refractivity contribution in [3.63, 3.8) is 0 Å². The van der Waals surface area contributed by atoms with Crippen LogP contribution in [0.5, 0.6) is 17.6 Å². The van der Waals surface area contributed by atoms with Crippen LogP contribution in [0.2, 0.25) is 0 Å². The third kappa shape index (κ3) is 2.39. The number of hydrogen-bond donors (Lipinski definition) is 0. The standard InChI is InChI=1S/C16H15N3O3/c1-20-13-6-4-5-10-7-8-12(18-14(10)13)11-9-17-16(22-3)19-15(11)21-2/h4-9H,1-3H3. The highest BCUT2D eigenvalue weighted by molar-refractivity contribution is 5.87. The first-order valence-electron chi connectivity index (χ1n) is 6.66. The molecule has 3 rings (SSSR count). The molecular formula is C16H15N3O3. The van der Waals surface area contributed by atoms with E-state index in [1.807, 2.05) is 30.3 Å². The second kappa shape index (κ2) is 5.85. The average Bonchev–Trinajstić information content (AvgIpc) is 2.60. The number of rotatable bonds is 4. The number of benzene rings is 1. The zero-order valence-corrected chi connectivity index (χ0v) is 12.5. The Hall–Kier alpha value is -2.89. The van der Waals surface area contributed by atoms with E-state index in [1.165, 1.54) is 7.11 Å². The molecule has 0 aliphatic rings. The summed E-state index contributed by atoms with van der Waals surface area (Å²) in [7, 11) is 4.68. The summed E-state index contributed by atoms with van der Waals surface area (Å²) in [6.07, 6.45) is 1.63. The molecule has 2 heterocycles. The molecule has 6 nitrogen and oxygen atoms in total. The molecule has 0 amide bonds. The molecule has 0 fully saturated rings. The van der Waals surface area contributed by atoms with Gasteiger partial charge in [-0.15, -0.1) is 0 Å². The van der Waals surface area contributed by atoms with Gasteiger partial charge in [-0.25, -0.2) is 9.97 Å². The lowest BCUT2D eigenvalue weighted by molar-refractivity contribution is 0.353. The Morgan fingerprint density at radius 1 is 0.864 bits per heavy atom. The molecule has 0 spiro atoms. The van der Waals surface area contributed by atoms with Gasteiger partial charge >= 0.3 is 6.01 Å². The monoisotopic (exact) mass is 297 g/mol. The first-order valence-corrected chi connectivity index (χ1v) is 6.66. The molecular weight excluding hydrogens is 282 g/mol. The molecule has 0 radical (unpaired) electrons. The van der Waals surface area contributed by atoms with Crippen molar-refractivity contribution in [2.45, 2.75) is 0 Å². The van der Waals surface area contributed by atoms with Crippen molar-refractivity contribution in [2.24, 2.45) is 0 Å². The SMILES string of the molecule is COc1ncc(-c2ccc3cccc(OC)c3n2)c(OC)n1. The van der Waals surface area contributed by atoms with E-state index in [-0.39, 0.29) is 6.01 Å². The van der Waals surface area contributed by atoms with E-state index in [9.17, 15) is 0 Å². The van der Waals surface area contributed by atoms with Crippen LogP contribution in [-0.4, -0.2) is 36.3 Å².